The van der Waals surface area contributed by atoms with E-state index in [2.05, 4.69) is 67.3 Å². The van der Waals surface area contributed by atoms with Crippen LogP contribution in [0.25, 0.3) is 11.1 Å². The Morgan fingerprint density at radius 3 is 2.14 bits per heavy atom. The van der Waals surface area contributed by atoms with Gasteiger partial charge in [-0.2, -0.15) is 5.26 Å². The van der Waals surface area contributed by atoms with E-state index in [4.69, 9.17) is 5.26 Å². The summed E-state index contributed by atoms with van der Waals surface area (Å²) in [6.07, 6.45) is 8.28. The fourth-order valence-electron chi connectivity index (χ4n) is 3.64. The zero-order valence-electron chi connectivity index (χ0n) is 12.6. The van der Waals surface area contributed by atoms with Crippen molar-refractivity contribution in [1.82, 2.24) is 0 Å². The lowest BCUT2D eigenvalue weighted by atomic mass is 9.72. The van der Waals surface area contributed by atoms with E-state index in [1.54, 1.807) is 0 Å². The predicted octanol–water partition coefficient (Wildman–Crippen LogP) is 5.39. The largest absolute Gasteiger partial charge is 0.198 e. The molecule has 0 N–H and O–H groups in total. The van der Waals surface area contributed by atoms with Crippen molar-refractivity contribution in [1.29, 1.82) is 5.26 Å². The molecule has 3 rings (SSSR count). The molecule has 1 aliphatic carbocycles. The molecule has 2 aromatic rings. The molecular formula is C21H19N. The van der Waals surface area contributed by atoms with E-state index in [9.17, 15) is 0 Å². The summed E-state index contributed by atoms with van der Waals surface area (Å²) < 4.78 is 0. The van der Waals surface area contributed by atoms with Crippen LogP contribution in [0.15, 0.2) is 73.3 Å². The van der Waals surface area contributed by atoms with Crippen molar-refractivity contribution in [3.8, 4) is 17.2 Å². The standard InChI is InChI=1S/C21H19N/c1-2-3-8-14-21(15-9-16-22)19-12-6-4-10-17(19)18-11-5-7-13-20(18)21/h2-8,10-13H,1,9,14-15H2/b8-3+. The summed E-state index contributed by atoms with van der Waals surface area (Å²) in [7, 11) is 0. The molecule has 1 heteroatoms. The number of benzene rings is 2. The molecule has 0 spiro atoms. The highest BCUT2D eigenvalue weighted by atomic mass is 14.4. The fraction of sp³-hybridized carbons (Fsp3) is 0.190. The van der Waals surface area contributed by atoms with E-state index >= 15 is 0 Å². The number of fused-ring (bicyclic) bond motifs is 3. The van der Waals surface area contributed by atoms with Crippen molar-refractivity contribution in [2.75, 3.05) is 0 Å². The molecule has 0 fully saturated rings. The molecular weight excluding hydrogens is 266 g/mol. The van der Waals surface area contributed by atoms with E-state index in [-0.39, 0.29) is 5.41 Å². The fourth-order valence-corrected chi connectivity index (χ4v) is 3.64. The van der Waals surface area contributed by atoms with Gasteiger partial charge in [-0.15, -0.1) is 0 Å². The third-order valence-electron chi connectivity index (χ3n) is 4.58. The van der Waals surface area contributed by atoms with Gasteiger partial charge in [-0.25, -0.2) is 0 Å². The molecule has 0 radical (unpaired) electrons. The van der Waals surface area contributed by atoms with Gasteiger partial charge in [-0.3, -0.25) is 0 Å². The smallest absolute Gasteiger partial charge is 0.0622 e. The van der Waals surface area contributed by atoms with Crippen molar-refractivity contribution in [3.63, 3.8) is 0 Å². The minimum absolute atomic E-state index is 0.0948. The maximum atomic E-state index is 9.12. The van der Waals surface area contributed by atoms with Gasteiger partial charge in [0.05, 0.1) is 6.07 Å². The molecule has 0 amide bonds. The van der Waals surface area contributed by atoms with Crippen molar-refractivity contribution in [2.45, 2.75) is 24.7 Å². The minimum Gasteiger partial charge on any atom is -0.198 e. The average Bonchev–Trinajstić information content (AvgIpc) is 2.85. The summed E-state index contributed by atoms with van der Waals surface area (Å²) >= 11 is 0. The summed E-state index contributed by atoms with van der Waals surface area (Å²) in [5.41, 5.74) is 5.22. The highest BCUT2D eigenvalue weighted by molar-refractivity contribution is 5.81. The van der Waals surface area contributed by atoms with Gasteiger partial charge in [-0.1, -0.05) is 73.3 Å². The number of hydrogen-bond acceptors (Lipinski definition) is 1. The second kappa shape index (κ2) is 6.03. The molecule has 0 heterocycles. The molecule has 22 heavy (non-hydrogen) atoms. The first-order chi connectivity index (χ1) is 10.8. The Hall–Kier alpha value is -2.59. The summed E-state index contributed by atoms with van der Waals surface area (Å²) in [5, 5.41) is 9.12. The zero-order chi connectivity index (χ0) is 15.4. The lowest BCUT2D eigenvalue weighted by Gasteiger charge is -2.30. The summed E-state index contributed by atoms with van der Waals surface area (Å²) in [4.78, 5) is 0. The topological polar surface area (TPSA) is 23.8 Å². The van der Waals surface area contributed by atoms with Crippen LogP contribution in [0.3, 0.4) is 0 Å². The third kappa shape index (κ3) is 2.18. The summed E-state index contributed by atoms with van der Waals surface area (Å²) in [6.45, 7) is 3.76. The lowest BCUT2D eigenvalue weighted by molar-refractivity contribution is 0.496. The van der Waals surface area contributed by atoms with Crippen LogP contribution in [0.5, 0.6) is 0 Å². The zero-order valence-corrected chi connectivity index (χ0v) is 12.6. The van der Waals surface area contributed by atoms with Gasteiger partial charge in [0.25, 0.3) is 0 Å². The van der Waals surface area contributed by atoms with Crippen molar-refractivity contribution < 1.29 is 0 Å². The second-order valence-electron chi connectivity index (χ2n) is 5.70. The molecule has 1 nitrogen and oxygen atoms in total. The highest BCUT2D eigenvalue weighted by Crippen LogP contribution is 2.53. The van der Waals surface area contributed by atoms with E-state index in [1.165, 1.54) is 22.3 Å². The van der Waals surface area contributed by atoms with E-state index in [0.29, 0.717) is 6.42 Å². The number of hydrogen-bond donors (Lipinski definition) is 0. The molecule has 1 aliphatic rings. The molecule has 108 valence electrons. The minimum atomic E-state index is -0.0948. The van der Waals surface area contributed by atoms with Gasteiger partial charge in [0, 0.05) is 11.8 Å². The SMILES string of the molecule is C=C/C=C/CC1(CCC#N)c2ccccc2-c2ccccc21. The van der Waals surface area contributed by atoms with Crippen molar-refractivity contribution in [2.24, 2.45) is 0 Å². The van der Waals surface area contributed by atoms with Crippen molar-refractivity contribution >= 4 is 0 Å². The highest BCUT2D eigenvalue weighted by Gasteiger charge is 2.41. The van der Waals surface area contributed by atoms with Gasteiger partial charge in [-0.05, 0) is 35.1 Å². The molecule has 0 bridgehead atoms. The van der Waals surface area contributed by atoms with E-state index in [0.717, 1.165) is 12.8 Å². The number of nitriles is 1. The Kier molecular flexibility index (Phi) is 3.94. The van der Waals surface area contributed by atoms with Crippen LogP contribution in [0.4, 0.5) is 0 Å². The van der Waals surface area contributed by atoms with Gasteiger partial charge in [0.2, 0.25) is 0 Å². The number of rotatable bonds is 5. The Balaban J connectivity index is 2.20. The van der Waals surface area contributed by atoms with Crippen LogP contribution in [-0.4, -0.2) is 0 Å². The molecule has 0 saturated carbocycles. The maximum absolute atomic E-state index is 9.12. The van der Waals surface area contributed by atoms with Crippen LogP contribution in [-0.2, 0) is 5.41 Å². The van der Waals surface area contributed by atoms with Crippen LogP contribution in [0.1, 0.15) is 30.4 Å². The first-order valence-corrected chi connectivity index (χ1v) is 7.67. The summed E-state index contributed by atoms with van der Waals surface area (Å²) in [6, 6.07) is 19.5. The summed E-state index contributed by atoms with van der Waals surface area (Å²) in [5.74, 6) is 0. The molecule has 0 aromatic heterocycles. The number of allylic oxidation sites excluding steroid dienone is 3. The van der Waals surface area contributed by atoms with Crippen LogP contribution < -0.4 is 0 Å². The van der Waals surface area contributed by atoms with Crippen LogP contribution >= 0.6 is 0 Å². The first kappa shape index (κ1) is 14.4. The second-order valence-corrected chi connectivity index (χ2v) is 5.70. The van der Waals surface area contributed by atoms with Gasteiger partial charge < -0.3 is 0 Å². The number of nitrogens with zero attached hydrogens (tertiary/aromatic N) is 1. The van der Waals surface area contributed by atoms with E-state index in [1.807, 2.05) is 12.2 Å². The van der Waals surface area contributed by atoms with Crippen LogP contribution in [0.2, 0.25) is 0 Å². The van der Waals surface area contributed by atoms with Crippen molar-refractivity contribution in [3.05, 3.63) is 84.5 Å². The normalized spacial score (nSPS) is 14.3. The monoisotopic (exact) mass is 285 g/mol. The molecule has 0 atom stereocenters. The molecule has 0 unspecified atom stereocenters. The predicted molar refractivity (Wildman–Crippen MR) is 91.5 cm³/mol. The van der Waals surface area contributed by atoms with Crippen LogP contribution in [0, 0.1) is 11.3 Å². The van der Waals surface area contributed by atoms with E-state index < -0.39 is 0 Å². The maximum Gasteiger partial charge on any atom is 0.0622 e. The third-order valence-corrected chi connectivity index (χ3v) is 4.58. The molecule has 2 aromatic carbocycles. The Labute approximate surface area is 132 Å². The Morgan fingerprint density at radius 1 is 1.00 bits per heavy atom. The van der Waals surface area contributed by atoms with Gasteiger partial charge in [0.1, 0.15) is 0 Å². The quantitative estimate of drug-likeness (QED) is 0.676. The molecule has 0 saturated heterocycles. The molecule has 0 aliphatic heterocycles. The average molecular weight is 285 g/mol. The van der Waals surface area contributed by atoms with Gasteiger partial charge >= 0.3 is 0 Å². The Morgan fingerprint density at radius 2 is 1.59 bits per heavy atom. The van der Waals surface area contributed by atoms with Gasteiger partial charge in [0.15, 0.2) is 0 Å². The Bertz CT molecular complexity index is 716. The first-order valence-electron chi connectivity index (χ1n) is 7.67. The lowest BCUT2D eigenvalue weighted by Crippen LogP contribution is -2.24.